The average Bonchev–Trinajstić information content (AvgIpc) is 3.07. The third-order valence-electron chi connectivity index (χ3n) is 3.92. The number of carbonyl (C=O) groups is 3. The second kappa shape index (κ2) is 5.07. The van der Waals surface area contributed by atoms with E-state index in [0.717, 1.165) is 12.8 Å². The van der Waals surface area contributed by atoms with Crippen LogP contribution in [0.15, 0.2) is 0 Å². The molecule has 2 N–H and O–H groups in total. The molecular formula is C14H22N2O4. The van der Waals surface area contributed by atoms with Crippen LogP contribution in [0.2, 0.25) is 0 Å². The van der Waals surface area contributed by atoms with Crippen molar-refractivity contribution in [2.75, 3.05) is 6.54 Å². The third-order valence-corrected chi connectivity index (χ3v) is 3.92. The summed E-state index contributed by atoms with van der Waals surface area (Å²) in [7, 11) is 0. The molecule has 6 heteroatoms. The van der Waals surface area contributed by atoms with Crippen LogP contribution in [0.4, 0.5) is 0 Å². The molecule has 0 radical (unpaired) electrons. The van der Waals surface area contributed by atoms with E-state index in [0.29, 0.717) is 12.6 Å². The SMILES string of the molecule is CC(C)(C)[C@@H](NC(=O)C1CC(=O)N(C2CC2)C1)C(=O)O. The number of rotatable bonds is 4. The molecule has 2 rings (SSSR count). The first kappa shape index (κ1) is 14.8. The molecular weight excluding hydrogens is 260 g/mol. The minimum absolute atomic E-state index is 0.00952. The number of amides is 2. The zero-order valence-corrected chi connectivity index (χ0v) is 12.2. The number of hydrogen-bond acceptors (Lipinski definition) is 3. The Morgan fingerprint density at radius 2 is 1.95 bits per heavy atom. The molecule has 112 valence electrons. The zero-order valence-electron chi connectivity index (χ0n) is 12.2. The van der Waals surface area contributed by atoms with Gasteiger partial charge in [-0.2, -0.15) is 0 Å². The first-order valence-electron chi connectivity index (χ1n) is 7.03. The zero-order chi connectivity index (χ0) is 15.1. The molecule has 0 spiro atoms. The van der Waals surface area contributed by atoms with Crippen LogP contribution >= 0.6 is 0 Å². The molecule has 20 heavy (non-hydrogen) atoms. The second-order valence-corrected chi connectivity index (χ2v) is 6.82. The van der Waals surface area contributed by atoms with Crippen LogP contribution in [0.3, 0.4) is 0 Å². The van der Waals surface area contributed by atoms with Gasteiger partial charge in [0.25, 0.3) is 0 Å². The highest BCUT2D eigenvalue weighted by molar-refractivity contribution is 5.91. The highest BCUT2D eigenvalue weighted by Gasteiger charge is 2.43. The number of carboxylic acid groups (broad SMARTS) is 1. The molecule has 2 aliphatic rings. The fraction of sp³-hybridized carbons (Fsp3) is 0.786. The Morgan fingerprint density at radius 1 is 1.35 bits per heavy atom. The van der Waals surface area contributed by atoms with E-state index < -0.39 is 23.3 Å². The summed E-state index contributed by atoms with van der Waals surface area (Å²) in [5.74, 6) is -1.79. The molecule has 6 nitrogen and oxygen atoms in total. The van der Waals surface area contributed by atoms with Gasteiger partial charge in [-0.15, -0.1) is 0 Å². The molecule has 1 saturated carbocycles. The van der Waals surface area contributed by atoms with Crippen molar-refractivity contribution in [2.45, 2.75) is 52.1 Å². The minimum Gasteiger partial charge on any atom is -0.480 e. The van der Waals surface area contributed by atoms with Crippen molar-refractivity contribution in [1.82, 2.24) is 10.2 Å². The van der Waals surface area contributed by atoms with Gasteiger partial charge in [-0.05, 0) is 18.3 Å². The minimum atomic E-state index is -1.05. The number of carbonyl (C=O) groups excluding carboxylic acids is 2. The maximum absolute atomic E-state index is 12.2. The van der Waals surface area contributed by atoms with E-state index in [2.05, 4.69) is 5.32 Å². The van der Waals surface area contributed by atoms with Gasteiger partial charge >= 0.3 is 5.97 Å². The molecule has 0 bridgehead atoms. The van der Waals surface area contributed by atoms with Crippen LogP contribution in [0.25, 0.3) is 0 Å². The summed E-state index contributed by atoms with van der Waals surface area (Å²) in [6.07, 6.45) is 2.22. The van der Waals surface area contributed by atoms with Crippen LogP contribution in [0, 0.1) is 11.3 Å². The highest BCUT2D eigenvalue weighted by atomic mass is 16.4. The molecule has 1 aliphatic carbocycles. The van der Waals surface area contributed by atoms with Crippen LogP contribution in [-0.4, -0.2) is 46.4 Å². The molecule has 1 aliphatic heterocycles. The molecule has 0 aromatic carbocycles. The maximum atomic E-state index is 12.2. The topological polar surface area (TPSA) is 86.7 Å². The summed E-state index contributed by atoms with van der Waals surface area (Å²) in [5, 5.41) is 11.8. The average molecular weight is 282 g/mol. The van der Waals surface area contributed by atoms with Gasteiger partial charge in [0.15, 0.2) is 0 Å². The molecule has 2 amide bonds. The molecule has 0 aromatic rings. The normalized spacial score (nSPS) is 24.6. The van der Waals surface area contributed by atoms with Crippen LogP contribution in [0.5, 0.6) is 0 Å². The second-order valence-electron chi connectivity index (χ2n) is 6.82. The molecule has 2 atom stereocenters. The Labute approximate surface area is 118 Å². The first-order chi connectivity index (χ1) is 9.20. The summed E-state index contributed by atoms with van der Waals surface area (Å²) < 4.78 is 0. The van der Waals surface area contributed by atoms with Gasteiger partial charge in [-0.25, -0.2) is 4.79 Å². The van der Waals surface area contributed by atoms with Gasteiger partial charge in [0.1, 0.15) is 6.04 Å². The summed E-state index contributed by atoms with van der Waals surface area (Å²) in [6, 6.07) is -0.640. The van der Waals surface area contributed by atoms with Crippen molar-refractivity contribution < 1.29 is 19.5 Å². The predicted octanol–water partition coefficient (Wildman–Crippen LogP) is 0.613. The van der Waals surface area contributed by atoms with E-state index >= 15 is 0 Å². The van der Waals surface area contributed by atoms with Crippen molar-refractivity contribution in [1.29, 1.82) is 0 Å². The van der Waals surface area contributed by atoms with Crippen molar-refractivity contribution in [3.63, 3.8) is 0 Å². The van der Waals surface area contributed by atoms with E-state index in [9.17, 15) is 19.5 Å². The quantitative estimate of drug-likeness (QED) is 0.791. The highest BCUT2D eigenvalue weighted by Crippen LogP contribution is 2.32. The fourth-order valence-corrected chi connectivity index (χ4v) is 2.56. The fourth-order valence-electron chi connectivity index (χ4n) is 2.56. The smallest absolute Gasteiger partial charge is 0.326 e. The number of nitrogens with zero attached hydrogens (tertiary/aromatic N) is 1. The Balaban J connectivity index is 1.97. The Hall–Kier alpha value is -1.59. The van der Waals surface area contributed by atoms with E-state index in [1.807, 2.05) is 0 Å². The van der Waals surface area contributed by atoms with E-state index in [1.165, 1.54) is 0 Å². The lowest BCUT2D eigenvalue weighted by molar-refractivity contribution is -0.145. The number of likely N-dealkylation sites (tertiary alicyclic amines) is 1. The number of aliphatic carboxylic acids is 1. The third kappa shape index (κ3) is 3.11. The van der Waals surface area contributed by atoms with Crippen molar-refractivity contribution in [2.24, 2.45) is 11.3 Å². The summed E-state index contributed by atoms with van der Waals surface area (Å²) in [5.41, 5.74) is -0.569. The van der Waals surface area contributed by atoms with Gasteiger partial charge in [0.2, 0.25) is 11.8 Å². The standard InChI is InChI=1S/C14H22N2O4/c1-14(2,3)11(13(19)20)15-12(18)8-6-10(17)16(7-8)9-4-5-9/h8-9,11H,4-7H2,1-3H3,(H,15,18)(H,19,20)/t8?,11-/m0/s1. The maximum Gasteiger partial charge on any atom is 0.326 e. The van der Waals surface area contributed by atoms with Gasteiger partial charge in [-0.3, -0.25) is 9.59 Å². The molecule has 1 saturated heterocycles. The Kier molecular flexibility index (Phi) is 3.75. The van der Waals surface area contributed by atoms with Crippen molar-refractivity contribution in [3.8, 4) is 0 Å². The van der Waals surface area contributed by atoms with Gasteiger partial charge in [-0.1, -0.05) is 20.8 Å². The van der Waals surface area contributed by atoms with Gasteiger partial charge in [0, 0.05) is 19.0 Å². The molecule has 2 fully saturated rings. The van der Waals surface area contributed by atoms with E-state index in [4.69, 9.17) is 0 Å². The van der Waals surface area contributed by atoms with Gasteiger partial charge < -0.3 is 15.3 Å². The number of carboxylic acids is 1. The predicted molar refractivity (Wildman–Crippen MR) is 71.9 cm³/mol. The van der Waals surface area contributed by atoms with E-state index in [-0.39, 0.29) is 18.2 Å². The number of nitrogens with one attached hydrogen (secondary N) is 1. The van der Waals surface area contributed by atoms with Crippen LogP contribution in [-0.2, 0) is 14.4 Å². The Morgan fingerprint density at radius 3 is 2.40 bits per heavy atom. The van der Waals surface area contributed by atoms with Gasteiger partial charge in [0.05, 0.1) is 5.92 Å². The summed E-state index contributed by atoms with van der Waals surface area (Å²) in [4.78, 5) is 37.0. The molecule has 1 heterocycles. The largest absolute Gasteiger partial charge is 0.480 e. The summed E-state index contributed by atoms with van der Waals surface area (Å²) in [6.45, 7) is 5.72. The molecule has 0 aromatic heterocycles. The van der Waals surface area contributed by atoms with Crippen molar-refractivity contribution >= 4 is 17.8 Å². The lowest BCUT2D eigenvalue weighted by atomic mass is 9.86. The van der Waals surface area contributed by atoms with Crippen LogP contribution in [0.1, 0.15) is 40.0 Å². The number of hydrogen-bond donors (Lipinski definition) is 2. The Bertz CT molecular complexity index is 437. The monoisotopic (exact) mass is 282 g/mol. The lowest BCUT2D eigenvalue weighted by Crippen LogP contribution is -2.51. The first-order valence-corrected chi connectivity index (χ1v) is 7.03. The lowest BCUT2D eigenvalue weighted by Gasteiger charge is -2.28. The van der Waals surface area contributed by atoms with Crippen LogP contribution < -0.4 is 5.32 Å². The summed E-state index contributed by atoms with van der Waals surface area (Å²) >= 11 is 0. The molecule has 1 unspecified atom stereocenters. The van der Waals surface area contributed by atoms with E-state index in [1.54, 1.807) is 25.7 Å². The van der Waals surface area contributed by atoms with Crippen molar-refractivity contribution in [3.05, 3.63) is 0 Å².